The van der Waals surface area contributed by atoms with Gasteiger partial charge in [-0.05, 0) is 68.5 Å². The maximum absolute atomic E-state index is 13.1. The minimum Gasteiger partial charge on any atom is -0.346 e. The number of rotatable bonds is 4. The second kappa shape index (κ2) is 6.69. The maximum Gasteiger partial charge on any atom is 0.253 e. The van der Waals surface area contributed by atoms with Crippen LogP contribution in [0.15, 0.2) is 54.9 Å². The first kappa shape index (κ1) is 17.5. The first-order valence-corrected chi connectivity index (χ1v) is 9.40. The van der Waals surface area contributed by atoms with Crippen molar-refractivity contribution in [3.05, 3.63) is 88.5 Å². The molecule has 0 spiro atoms. The van der Waals surface area contributed by atoms with Gasteiger partial charge < -0.3 is 9.88 Å². The molecule has 0 bridgehead atoms. The monoisotopic (exact) mass is 359 g/mol. The van der Waals surface area contributed by atoms with Crippen LogP contribution < -0.4 is 5.32 Å². The average molecular weight is 359 g/mol. The SMILES string of the molecule is Cc1cc(C(=O)NC2(C)Cc3ccccc3C2)c(C)n1Cc1ccncc1. The third-order valence-corrected chi connectivity index (χ3v) is 5.60. The number of hydrogen-bond acceptors (Lipinski definition) is 2. The van der Waals surface area contributed by atoms with E-state index in [2.05, 4.69) is 53.0 Å². The lowest BCUT2D eigenvalue weighted by Crippen LogP contribution is -2.46. The van der Waals surface area contributed by atoms with Crippen molar-refractivity contribution in [1.29, 1.82) is 0 Å². The van der Waals surface area contributed by atoms with Crippen molar-refractivity contribution in [2.24, 2.45) is 0 Å². The van der Waals surface area contributed by atoms with Gasteiger partial charge in [-0.1, -0.05) is 24.3 Å². The van der Waals surface area contributed by atoms with E-state index in [9.17, 15) is 4.79 Å². The molecule has 0 radical (unpaired) electrons. The second-order valence-electron chi connectivity index (χ2n) is 7.86. The molecule has 0 saturated heterocycles. The molecule has 0 atom stereocenters. The number of amides is 1. The fourth-order valence-electron chi connectivity index (χ4n) is 4.18. The van der Waals surface area contributed by atoms with Crippen LogP contribution in [0.2, 0.25) is 0 Å². The molecule has 4 heteroatoms. The Morgan fingerprint density at radius 3 is 2.37 bits per heavy atom. The minimum absolute atomic E-state index is 0.0133. The molecular weight excluding hydrogens is 334 g/mol. The van der Waals surface area contributed by atoms with Crippen LogP contribution in [0.4, 0.5) is 0 Å². The summed E-state index contributed by atoms with van der Waals surface area (Å²) in [5, 5.41) is 3.30. The summed E-state index contributed by atoms with van der Waals surface area (Å²) < 4.78 is 2.19. The molecule has 1 N–H and O–H groups in total. The molecule has 1 amide bonds. The zero-order valence-corrected chi connectivity index (χ0v) is 16.1. The second-order valence-corrected chi connectivity index (χ2v) is 7.86. The van der Waals surface area contributed by atoms with Gasteiger partial charge in [0.1, 0.15) is 0 Å². The van der Waals surface area contributed by atoms with Crippen molar-refractivity contribution in [2.45, 2.75) is 45.7 Å². The maximum atomic E-state index is 13.1. The summed E-state index contributed by atoms with van der Waals surface area (Å²) in [6.45, 7) is 6.96. The van der Waals surface area contributed by atoms with Crippen LogP contribution in [0, 0.1) is 13.8 Å². The van der Waals surface area contributed by atoms with Gasteiger partial charge in [-0.15, -0.1) is 0 Å². The highest BCUT2D eigenvalue weighted by molar-refractivity contribution is 5.96. The summed E-state index contributed by atoms with van der Waals surface area (Å²) in [5.41, 5.74) is 6.48. The molecule has 2 aromatic heterocycles. The van der Waals surface area contributed by atoms with E-state index in [0.717, 1.165) is 36.3 Å². The van der Waals surface area contributed by atoms with Gasteiger partial charge in [-0.3, -0.25) is 9.78 Å². The number of nitrogens with zero attached hydrogens (tertiary/aromatic N) is 2. The summed E-state index contributed by atoms with van der Waals surface area (Å²) in [6.07, 6.45) is 5.36. The van der Waals surface area contributed by atoms with E-state index in [-0.39, 0.29) is 11.4 Å². The molecule has 1 aliphatic carbocycles. The molecule has 138 valence electrons. The van der Waals surface area contributed by atoms with Gasteiger partial charge in [0.2, 0.25) is 0 Å². The van der Waals surface area contributed by atoms with Gasteiger partial charge >= 0.3 is 0 Å². The Hall–Kier alpha value is -2.88. The molecule has 4 rings (SSSR count). The van der Waals surface area contributed by atoms with Crippen molar-refractivity contribution in [2.75, 3.05) is 0 Å². The minimum atomic E-state index is -0.228. The normalized spacial score (nSPS) is 14.8. The largest absolute Gasteiger partial charge is 0.346 e. The molecule has 0 saturated carbocycles. The fourth-order valence-corrected chi connectivity index (χ4v) is 4.18. The molecule has 0 aliphatic heterocycles. The molecule has 1 aromatic carbocycles. The van der Waals surface area contributed by atoms with Crippen LogP contribution in [0.1, 0.15) is 45.4 Å². The number of nitrogens with one attached hydrogen (secondary N) is 1. The number of aromatic nitrogens is 2. The average Bonchev–Trinajstić information content (AvgIpc) is 3.13. The number of fused-ring (bicyclic) bond motifs is 1. The third-order valence-electron chi connectivity index (χ3n) is 5.60. The predicted molar refractivity (Wildman–Crippen MR) is 107 cm³/mol. The number of hydrogen-bond donors (Lipinski definition) is 1. The van der Waals surface area contributed by atoms with Crippen molar-refractivity contribution in [3.63, 3.8) is 0 Å². The zero-order valence-electron chi connectivity index (χ0n) is 16.1. The Labute approximate surface area is 160 Å². The van der Waals surface area contributed by atoms with Crippen LogP contribution >= 0.6 is 0 Å². The van der Waals surface area contributed by atoms with Crippen molar-refractivity contribution in [3.8, 4) is 0 Å². The standard InChI is InChI=1S/C23H25N3O/c1-16-12-21(17(2)26(16)15-18-8-10-24-11-9-18)22(27)25-23(3)13-19-6-4-5-7-20(19)14-23/h4-12H,13-15H2,1-3H3,(H,25,27). The lowest BCUT2D eigenvalue weighted by atomic mass is 9.98. The highest BCUT2D eigenvalue weighted by Gasteiger charge is 2.34. The number of aryl methyl sites for hydroxylation is 1. The van der Waals surface area contributed by atoms with E-state index in [1.54, 1.807) is 12.4 Å². The summed E-state index contributed by atoms with van der Waals surface area (Å²) >= 11 is 0. The van der Waals surface area contributed by atoms with Gasteiger partial charge in [0.25, 0.3) is 5.91 Å². The van der Waals surface area contributed by atoms with Crippen LogP contribution in [-0.2, 0) is 19.4 Å². The van der Waals surface area contributed by atoms with E-state index in [1.807, 2.05) is 25.1 Å². The third kappa shape index (κ3) is 3.39. The van der Waals surface area contributed by atoms with Crippen LogP contribution in [0.3, 0.4) is 0 Å². The molecule has 0 fully saturated rings. The summed E-state index contributed by atoms with van der Waals surface area (Å²) in [7, 11) is 0. The Balaban J connectivity index is 1.54. The number of pyridine rings is 1. The molecular formula is C23H25N3O. The highest BCUT2D eigenvalue weighted by atomic mass is 16.1. The van der Waals surface area contributed by atoms with Crippen molar-refractivity contribution < 1.29 is 4.79 Å². The Bertz CT molecular complexity index is 963. The summed E-state index contributed by atoms with van der Waals surface area (Å²) in [6, 6.07) is 14.5. The zero-order chi connectivity index (χ0) is 19.0. The topological polar surface area (TPSA) is 46.9 Å². The van der Waals surface area contributed by atoms with E-state index >= 15 is 0 Å². The molecule has 3 aromatic rings. The molecule has 0 unspecified atom stereocenters. The van der Waals surface area contributed by atoms with Gasteiger partial charge in [-0.2, -0.15) is 0 Å². The quantitative estimate of drug-likeness (QED) is 0.769. The lowest BCUT2D eigenvalue weighted by molar-refractivity contribution is 0.0909. The molecule has 1 aliphatic rings. The lowest BCUT2D eigenvalue weighted by Gasteiger charge is -2.25. The van der Waals surface area contributed by atoms with Crippen LogP contribution in [0.5, 0.6) is 0 Å². The van der Waals surface area contributed by atoms with Crippen molar-refractivity contribution >= 4 is 5.91 Å². The van der Waals surface area contributed by atoms with Crippen molar-refractivity contribution in [1.82, 2.24) is 14.9 Å². The van der Waals surface area contributed by atoms with E-state index < -0.39 is 0 Å². The number of benzene rings is 1. The Morgan fingerprint density at radius 2 is 1.74 bits per heavy atom. The molecule has 27 heavy (non-hydrogen) atoms. The first-order valence-electron chi connectivity index (χ1n) is 9.40. The highest BCUT2D eigenvalue weighted by Crippen LogP contribution is 2.30. The van der Waals surface area contributed by atoms with Gasteiger partial charge in [0, 0.05) is 35.9 Å². The Morgan fingerprint density at radius 1 is 1.11 bits per heavy atom. The van der Waals surface area contributed by atoms with Gasteiger partial charge in [-0.25, -0.2) is 0 Å². The van der Waals surface area contributed by atoms with Crippen LogP contribution in [0.25, 0.3) is 0 Å². The summed E-state index contributed by atoms with van der Waals surface area (Å²) in [4.78, 5) is 17.1. The number of carbonyl (C=O) groups excluding carboxylic acids is 1. The smallest absolute Gasteiger partial charge is 0.253 e. The summed E-state index contributed by atoms with van der Waals surface area (Å²) in [5.74, 6) is 0.0133. The molecule has 2 heterocycles. The Kier molecular flexibility index (Phi) is 4.34. The van der Waals surface area contributed by atoms with E-state index in [1.165, 1.54) is 16.7 Å². The number of carbonyl (C=O) groups is 1. The van der Waals surface area contributed by atoms with Crippen LogP contribution in [-0.4, -0.2) is 21.0 Å². The van der Waals surface area contributed by atoms with E-state index in [0.29, 0.717) is 0 Å². The fraction of sp³-hybridized carbons (Fsp3) is 0.304. The molecule has 4 nitrogen and oxygen atoms in total. The van der Waals surface area contributed by atoms with Gasteiger partial charge in [0.05, 0.1) is 5.56 Å². The van der Waals surface area contributed by atoms with E-state index in [4.69, 9.17) is 0 Å². The van der Waals surface area contributed by atoms with Gasteiger partial charge in [0.15, 0.2) is 0 Å². The first-order chi connectivity index (χ1) is 13.0. The predicted octanol–water partition coefficient (Wildman–Crippen LogP) is 3.84.